The van der Waals surface area contributed by atoms with Gasteiger partial charge in [-0.1, -0.05) is 188 Å². The smallest absolute Gasteiger partial charge is 0.160 e. The number of hydrogen-bond acceptors (Lipinski definition) is 3. The molecule has 3 nitrogen and oxygen atoms in total. The fourth-order valence-electron chi connectivity index (χ4n) is 9.48. The predicted octanol–water partition coefficient (Wildman–Crippen LogP) is 13.9. The first-order chi connectivity index (χ1) is 28.7. The number of nitrogens with zero attached hydrogens (tertiary/aromatic N) is 2. The highest BCUT2D eigenvalue weighted by Gasteiger charge is 2.55. The molecule has 0 aliphatic heterocycles. The molecular formula is C55H34N2O. The minimum absolute atomic E-state index is 0.558. The fraction of sp³-hybridized carbons (Fsp3) is 0.0182. The Balaban J connectivity index is 0.974. The highest BCUT2D eigenvalue weighted by atomic mass is 16.3. The van der Waals surface area contributed by atoms with E-state index in [0.29, 0.717) is 5.82 Å². The predicted molar refractivity (Wildman–Crippen MR) is 235 cm³/mol. The number of furan rings is 1. The maximum Gasteiger partial charge on any atom is 0.160 e. The summed E-state index contributed by atoms with van der Waals surface area (Å²) >= 11 is 0. The first kappa shape index (κ1) is 32.6. The van der Waals surface area contributed by atoms with Gasteiger partial charge in [-0.15, -0.1) is 0 Å². The molecule has 0 N–H and O–H groups in total. The van der Waals surface area contributed by atoms with Gasteiger partial charge < -0.3 is 4.42 Å². The number of hydrogen-bond donors (Lipinski definition) is 0. The number of aromatic nitrogens is 2. The Hall–Kier alpha value is -7.62. The third-order valence-corrected chi connectivity index (χ3v) is 12.1. The molecule has 12 rings (SSSR count). The fourth-order valence-corrected chi connectivity index (χ4v) is 9.48. The molecule has 0 bridgehead atoms. The van der Waals surface area contributed by atoms with Gasteiger partial charge in [0.2, 0.25) is 0 Å². The molecule has 3 heteroatoms. The molecule has 0 fully saturated rings. The molecule has 10 aromatic rings. The summed E-state index contributed by atoms with van der Waals surface area (Å²) in [7, 11) is 0. The molecule has 2 aromatic heterocycles. The summed E-state index contributed by atoms with van der Waals surface area (Å²) in [6.07, 6.45) is 0. The van der Waals surface area contributed by atoms with Crippen LogP contribution in [0, 0.1) is 0 Å². The largest absolute Gasteiger partial charge is 0.459 e. The number of para-hydroxylation sites is 1. The van der Waals surface area contributed by atoms with Crippen molar-refractivity contribution in [1.29, 1.82) is 0 Å². The molecule has 0 amide bonds. The molecule has 1 spiro atoms. The number of rotatable bonds is 5. The zero-order valence-electron chi connectivity index (χ0n) is 31.4. The lowest BCUT2D eigenvalue weighted by Crippen LogP contribution is -2.25. The Morgan fingerprint density at radius 1 is 0.345 bits per heavy atom. The summed E-state index contributed by atoms with van der Waals surface area (Å²) in [4.78, 5) is 10.2. The maximum atomic E-state index is 6.95. The third-order valence-electron chi connectivity index (χ3n) is 12.1. The first-order valence-electron chi connectivity index (χ1n) is 19.8. The Morgan fingerprint density at radius 2 is 0.828 bits per heavy atom. The molecule has 8 aromatic carbocycles. The van der Waals surface area contributed by atoms with Gasteiger partial charge in [0, 0.05) is 27.6 Å². The summed E-state index contributed by atoms with van der Waals surface area (Å²) < 4.78 is 6.95. The van der Waals surface area contributed by atoms with Crippen LogP contribution in [-0.2, 0) is 5.41 Å². The SMILES string of the molecule is c1ccc(-c2ccc(-c3cc(-c4ccc(-c5ccc6c(c5)C5(c7ccccc7-c7ccccc75)c5oc7ccccc7c5-6)cc4)nc(-c4ccccc4)n3)cc2)cc1. The maximum absolute atomic E-state index is 6.95. The van der Waals surface area contributed by atoms with Gasteiger partial charge >= 0.3 is 0 Å². The van der Waals surface area contributed by atoms with E-state index in [1.165, 1.54) is 50.1 Å². The van der Waals surface area contributed by atoms with Crippen molar-refractivity contribution in [3.63, 3.8) is 0 Å². The molecule has 270 valence electrons. The Kier molecular flexibility index (Phi) is 7.14. The van der Waals surface area contributed by atoms with Gasteiger partial charge in [0.1, 0.15) is 16.8 Å². The summed E-state index contributed by atoms with van der Waals surface area (Å²) in [5, 5.41) is 1.15. The summed E-state index contributed by atoms with van der Waals surface area (Å²) in [5.74, 6) is 1.71. The molecule has 0 atom stereocenters. The van der Waals surface area contributed by atoms with Crippen LogP contribution >= 0.6 is 0 Å². The van der Waals surface area contributed by atoms with Crippen molar-refractivity contribution < 1.29 is 4.42 Å². The Labute approximate surface area is 336 Å². The molecule has 0 radical (unpaired) electrons. The van der Waals surface area contributed by atoms with Crippen molar-refractivity contribution in [2.45, 2.75) is 5.41 Å². The molecule has 2 aliphatic rings. The van der Waals surface area contributed by atoms with E-state index in [9.17, 15) is 0 Å². The summed E-state index contributed by atoms with van der Waals surface area (Å²) in [5.41, 5.74) is 18.6. The van der Waals surface area contributed by atoms with Crippen molar-refractivity contribution in [2.24, 2.45) is 0 Å². The van der Waals surface area contributed by atoms with E-state index in [0.717, 1.165) is 55.9 Å². The second-order valence-corrected chi connectivity index (χ2v) is 15.3. The Morgan fingerprint density at radius 3 is 1.47 bits per heavy atom. The zero-order valence-corrected chi connectivity index (χ0v) is 31.4. The van der Waals surface area contributed by atoms with Crippen LogP contribution in [-0.4, -0.2) is 9.97 Å². The van der Waals surface area contributed by atoms with Crippen molar-refractivity contribution >= 4 is 11.0 Å². The van der Waals surface area contributed by atoms with Crippen molar-refractivity contribution in [3.05, 3.63) is 229 Å². The van der Waals surface area contributed by atoms with Gasteiger partial charge in [0.15, 0.2) is 5.82 Å². The van der Waals surface area contributed by atoms with Crippen molar-refractivity contribution in [1.82, 2.24) is 9.97 Å². The highest BCUT2D eigenvalue weighted by Crippen LogP contribution is 2.64. The van der Waals surface area contributed by atoms with Crippen LogP contribution in [0.1, 0.15) is 22.5 Å². The lowest BCUT2D eigenvalue weighted by molar-refractivity contribution is 0.507. The van der Waals surface area contributed by atoms with Crippen molar-refractivity contribution in [3.8, 4) is 78.4 Å². The second-order valence-electron chi connectivity index (χ2n) is 15.3. The summed E-state index contributed by atoms with van der Waals surface area (Å²) in [6, 6.07) is 73.4. The van der Waals surface area contributed by atoms with E-state index in [4.69, 9.17) is 14.4 Å². The molecule has 58 heavy (non-hydrogen) atoms. The highest BCUT2D eigenvalue weighted by molar-refractivity contribution is 6.05. The van der Waals surface area contributed by atoms with Gasteiger partial charge in [-0.2, -0.15) is 0 Å². The normalized spacial score (nSPS) is 13.0. The molecule has 0 saturated heterocycles. The van der Waals surface area contributed by atoms with Gasteiger partial charge in [0.05, 0.1) is 11.4 Å². The molecule has 0 saturated carbocycles. The topological polar surface area (TPSA) is 38.9 Å². The number of fused-ring (bicyclic) bond motifs is 12. The average molecular weight is 739 g/mol. The van der Waals surface area contributed by atoms with Gasteiger partial charge in [-0.05, 0) is 73.8 Å². The summed E-state index contributed by atoms with van der Waals surface area (Å²) in [6.45, 7) is 0. The van der Waals surface area contributed by atoms with E-state index in [1.54, 1.807) is 0 Å². The lowest BCUT2D eigenvalue weighted by atomic mass is 9.72. The van der Waals surface area contributed by atoms with Crippen LogP contribution < -0.4 is 0 Å². The van der Waals surface area contributed by atoms with Crippen LogP contribution in [0.3, 0.4) is 0 Å². The van der Waals surface area contributed by atoms with Crippen LogP contribution in [0.15, 0.2) is 211 Å². The third kappa shape index (κ3) is 4.80. The minimum Gasteiger partial charge on any atom is -0.459 e. The molecule has 2 heterocycles. The van der Waals surface area contributed by atoms with Gasteiger partial charge in [0.25, 0.3) is 0 Å². The quantitative estimate of drug-likeness (QED) is 0.176. The van der Waals surface area contributed by atoms with E-state index < -0.39 is 5.41 Å². The van der Waals surface area contributed by atoms with Gasteiger partial charge in [-0.25, -0.2) is 9.97 Å². The van der Waals surface area contributed by atoms with E-state index >= 15 is 0 Å². The molecule has 2 aliphatic carbocycles. The van der Waals surface area contributed by atoms with Crippen LogP contribution in [0.5, 0.6) is 0 Å². The van der Waals surface area contributed by atoms with E-state index in [-0.39, 0.29) is 0 Å². The van der Waals surface area contributed by atoms with Crippen LogP contribution in [0.2, 0.25) is 0 Å². The second kappa shape index (κ2) is 12.7. The van der Waals surface area contributed by atoms with E-state index in [2.05, 4.69) is 182 Å². The monoisotopic (exact) mass is 738 g/mol. The van der Waals surface area contributed by atoms with Crippen molar-refractivity contribution in [2.75, 3.05) is 0 Å². The zero-order chi connectivity index (χ0) is 38.2. The molecular weight excluding hydrogens is 705 g/mol. The van der Waals surface area contributed by atoms with E-state index in [1.807, 2.05) is 24.3 Å². The van der Waals surface area contributed by atoms with Crippen LogP contribution in [0.25, 0.3) is 89.4 Å². The average Bonchev–Trinajstić information content (AvgIpc) is 3.93. The molecule has 0 unspecified atom stereocenters. The van der Waals surface area contributed by atoms with Gasteiger partial charge in [-0.3, -0.25) is 0 Å². The minimum atomic E-state index is -0.558. The standard InChI is InChI=1S/C55H34N2O/c1-3-13-35(14-4-1)36-23-27-38(28-24-36)49-34-50(57-54(56-49)40-15-5-2-6-16-40)39-29-25-37(26-30-39)41-31-32-44-48(33-41)55(53-52(44)45-19-9-12-22-51(45)58-53)46-20-10-7-17-42(46)43-18-8-11-21-47(43)55/h1-34H. The Bertz CT molecular complexity index is 3150. The van der Waals surface area contributed by atoms with Crippen LogP contribution in [0.4, 0.5) is 0 Å². The lowest BCUT2D eigenvalue weighted by Gasteiger charge is -2.28. The number of benzene rings is 8. The first-order valence-corrected chi connectivity index (χ1v) is 19.8.